The molecule has 1 aromatic rings. The maximum atomic E-state index is 5.49. The van der Waals surface area contributed by atoms with Crippen molar-refractivity contribution in [3.8, 4) is 5.75 Å². The van der Waals surface area contributed by atoms with Gasteiger partial charge in [0.2, 0.25) is 0 Å². The standard InChI is InChI=1S/C11H17NOS/c1-13-11-9(6-4-8-12)5-3-7-10(11)14-2/h3,5,7H,4,6,8,12H2,1-2H3. The molecule has 0 aliphatic heterocycles. The van der Waals surface area contributed by atoms with E-state index in [4.69, 9.17) is 10.5 Å². The Morgan fingerprint density at radius 2 is 2.21 bits per heavy atom. The molecule has 14 heavy (non-hydrogen) atoms. The van der Waals surface area contributed by atoms with Gasteiger partial charge in [0.1, 0.15) is 5.75 Å². The predicted molar refractivity (Wildman–Crippen MR) is 62.2 cm³/mol. The second-order valence-corrected chi connectivity index (χ2v) is 3.89. The van der Waals surface area contributed by atoms with Crippen LogP contribution in [0.15, 0.2) is 23.1 Å². The third-order valence-electron chi connectivity index (χ3n) is 2.13. The molecule has 0 heterocycles. The summed E-state index contributed by atoms with van der Waals surface area (Å²) in [5, 5.41) is 0. The Kier molecular flexibility index (Phi) is 4.84. The first-order valence-electron chi connectivity index (χ1n) is 4.73. The van der Waals surface area contributed by atoms with Crippen molar-refractivity contribution in [3.63, 3.8) is 0 Å². The van der Waals surface area contributed by atoms with Crippen LogP contribution in [0.2, 0.25) is 0 Å². The zero-order valence-electron chi connectivity index (χ0n) is 8.75. The minimum atomic E-state index is 0.729. The number of thioether (sulfide) groups is 1. The molecule has 0 spiro atoms. The third kappa shape index (κ3) is 2.66. The Morgan fingerprint density at radius 3 is 2.79 bits per heavy atom. The summed E-state index contributed by atoms with van der Waals surface area (Å²) in [6.07, 6.45) is 4.06. The van der Waals surface area contributed by atoms with Gasteiger partial charge in [0.05, 0.1) is 7.11 Å². The van der Waals surface area contributed by atoms with Crippen LogP contribution in [0.1, 0.15) is 12.0 Å². The summed E-state index contributed by atoms with van der Waals surface area (Å²) in [6, 6.07) is 6.25. The van der Waals surface area contributed by atoms with E-state index >= 15 is 0 Å². The topological polar surface area (TPSA) is 35.2 Å². The van der Waals surface area contributed by atoms with Crippen LogP contribution in [0.3, 0.4) is 0 Å². The summed E-state index contributed by atoms with van der Waals surface area (Å²) in [7, 11) is 1.72. The van der Waals surface area contributed by atoms with Crippen LogP contribution in [0.25, 0.3) is 0 Å². The van der Waals surface area contributed by atoms with E-state index in [2.05, 4.69) is 24.5 Å². The molecule has 0 aliphatic carbocycles. The van der Waals surface area contributed by atoms with Gasteiger partial charge in [0, 0.05) is 4.90 Å². The summed E-state index contributed by atoms with van der Waals surface area (Å²) in [6.45, 7) is 0.729. The van der Waals surface area contributed by atoms with Crippen molar-refractivity contribution < 1.29 is 4.74 Å². The molecule has 0 atom stereocenters. The van der Waals surface area contributed by atoms with Crippen molar-refractivity contribution >= 4 is 11.8 Å². The van der Waals surface area contributed by atoms with E-state index in [1.807, 2.05) is 0 Å². The van der Waals surface area contributed by atoms with Gasteiger partial charge in [-0.2, -0.15) is 0 Å². The number of hydrogen-bond donors (Lipinski definition) is 1. The van der Waals surface area contributed by atoms with E-state index < -0.39 is 0 Å². The Morgan fingerprint density at radius 1 is 1.43 bits per heavy atom. The maximum absolute atomic E-state index is 5.49. The minimum absolute atomic E-state index is 0.729. The molecule has 0 radical (unpaired) electrons. The number of aryl methyl sites for hydroxylation is 1. The Labute approximate surface area is 89.8 Å². The summed E-state index contributed by atoms with van der Waals surface area (Å²) < 4.78 is 5.40. The van der Waals surface area contributed by atoms with E-state index in [-0.39, 0.29) is 0 Å². The number of methoxy groups -OCH3 is 1. The zero-order chi connectivity index (χ0) is 10.4. The number of ether oxygens (including phenoxy) is 1. The Bertz CT molecular complexity index is 289. The smallest absolute Gasteiger partial charge is 0.135 e. The highest BCUT2D eigenvalue weighted by Gasteiger charge is 2.06. The fourth-order valence-corrected chi connectivity index (χ4v) is 2.06. The lowest BCUT2D eigenvalue weighted by atomic mass is 10.1. The quantitative estimate of drug-likeness (QED) is 0.759. The first kappa shape index (κ1) is 11.4. The van der Waals surface area contributed by atoms with Crippen molar-refractivity contribution in [1.82, 2.24) is 0 Å². The van der Waals surface area contributed by atoms with Gasteiger partial charge in [0.25, 0.3) is 0 Å². The van der Waals surface area contributed by atoms with Crippen LogP contribution in [-0.2, 0) is 6.42 Å². The summed E-state index contributed by atoms with van der Waals surface area (Å²) >= 11 is 1.71. The molecule has 0 bridgehead atoms. The maximum Gasteiger partial charge on any atom is 0.135 e. The number of rotatable bonds is 5. The lowest BCUT2D eigenvalue weighted by Gasteiger charge is -2.11. The lowest BCUT2D eigenvalue weighted by Crippen LogP contribution is -2.02. The number of para-hydroxylation sites is 1. The van der Waals surface area contributed by atoms with Crippen LogP contribution >= 0.6 is 11.8 Å². The van der Waals surface area contributed by atoms with Gasteiger partial charge in [-0.15, -0.1) is 11.8 Å². The molecule has 0 aromatic heterocycles. The third-order valence-corrected chi connectivity index (χ3v) is 2.90. The SMILES string of the molecule is COc1c(CCCN)cccc1SC. The largest absolute Gasteiger partial charge is 0.495 e. The van der Waals surface area contributed by atoms with Gasteiger partial charge in [-0.3, -0.25) is 0 Å². The van der Waals surface area contributed by atoms with Crippen molar-refractivity contribution in [2.24, 2.45) is 5.73 Å². The minimum Gasteiger partial charge on any atom is -0.495 e. The van der Waals surface area contributed by atoms with Crippen LogP contribution in [0.5, 0.6) is 5.75 Å². The van der Waals surface area contributed by atoms with Gasteiger partial charge in [-0.25, -0.2) is 0 Å². The van der Waals surface area contributed by atoms with Crippen LogP contribution in [-0.4, -0.2) is 19.9 Å². The molecule has 0 unspecified atom stereocenters. The zero-order valence-corrected chi connectivity index (χ0v) is 9.56. The highest BCUT2D eigenvalue weighted by atomic mass is 32.2. The molecule has 1 aromatic carbocycles. The molecule has 2 nitrogen and oxygen atoms in total. The predicted octanol–water partition coefficient (Wildman–Crippen LogP) is 2.31. The summed E-state index contributed by atoms with van der Waals surface area (Å²) in [5.41, 5.74) is 6.75. The molecule has 0 saturated heterocycles. The first-order chi connectivity index (χ1) is 6.83. The summed E-state index contributed by atoms with van der Waals surface area (Å²) in [4.78, 5) is 1.20. The molecule has 0 fully saturated rings. The van der Waals surface area contributed by atoms with Gasteiger partial charge < -0.3 is 10.5 Å². The fourth-order valence-electron chi connectivity index (χ4n) is 1.44. The number of nitrogens with two attached hydrogens (primary N) is 1. The van der Waals surface area contributed by atoms with E-state index in [1.165, 1.54) is 10.5 Å². The molecule has 0 amide bonds. The van der Waals surface area contributed by atoms with E-state index in [1.54, 1.807) is 18.9 Å². The Hall–Kier alpha value is -0.670. The monoisotopic (exact) mass is 211 g/mol. The van der Waals surface area contributed by atoms with E-state index in [0.29, 0.717) is 0 Å². The molecule has 0 aliphatic rings. The van der Waals surface area contributed by atoms with Crippen molar-refractivity contribution in [2.75, 3.05) is 19.9 Å². The van der Waals surface area contributed by atoms with Crippen LogP contribution < -0.4 is 10.5 Å². The van der Waals surface area contributed by atoms with Crippen molar-refractivity contribution in [2.45, 2.75) is 17.7 Å². The average molecular weight is 211 g/mol. The molecule has 3 heteroatoms. The van der Waals surface area contributed by atoms with Crippen LogP contribution in [0.4, 0.5) is 0 Å². The van der Waals surface area contributed by atoms with Gasteiger partial charge in [-0.1, -0.05) is 12.1 Å². The van der Waals surface area contributed by atoms with Gasteiger partial charge in [-0.05, 0) is 37.3 Å². The van der Waals surface area contributed by atoms with Crippen molar-refractivity contribution in [3.05, 3.63) is 23.8 Å². The van der Waals surface area contributed by atoms with E-state index in [9.17, 15) is 0 Å². The molecular formula is C11H17NOS. The fraction of sp³-hybridized carbons (Fsp3) is 0.455. The van der Waals surface area contributed by atoms with Crippen molar-refractivity contribution in [1.29, 1.82) is 0 Å². The normalized spacial score (nSPS) is 10.2. The van der Waals surface area contributed by atoms with Gasteiger partial charge >= 0.3 is 0 Å². The van der Waals surface area contributed by atoms with Gasteiger partial charge in [0.15, 0.2) is 0 Å². The highest BCUT2D eigenvalue weighted by molar-refractivity contribution is 7.98. The molecule has 1 rings (SSSR count). The number of hydrogen-bond acceptors (Lipinski definition) is 3. The highest BCUT2D eigenvalue weighted by Crippen LogP contribution is 2.31. The molecule has 0 saturated carbocycles. The molecular weight excluding hydrogens is 194 g/mol. The Balaban J connectivity index is 2.90. The van der Waals surface area contributed by atoms with E-state index in [0.717, 1.165) is 25.1 Å². The molecule has 2 N–H and O–H groups in total. The number of benzene rings is 1. The average Bonchev–Trinajstić information content (AvgIpc) is 2.25. The summed E-state index contributed by atoms with van der Waals surface area (Å²) in [5.74, 6) is 1.01. The first-order valence-corrected chi connectivity index (χ1v) is 5.96. The molecule has 78 valence electrons. The lowest BCUT2D eigenvalue weighted by molar-refractivity contribution is 0.399. The van der Waals surface area contributed by atoms with Crippen LogP contribution in [0, 0.1) is 0 Å². The second-order valence-electron chi connectivity index (χ2n) is 3.04. The second kappa shape index (κ2) is 5.94.